The van der Waals surface area contributed by atoms with Crippen molar-refractivity contribution in [1.82, 2.24) is 0 Å². The molecule has 0 radical (unpaired) electrons. The first kappa shape index (κ1) is 13.8. The van der Waals surface area contributed by atoms with Crippen LogP contribution in [-0.4, -0.2) is 11.3 Å². The van der Waals surface area contributed by atoms with Crippen LogP contribution >= 0.6 is 11.3 Å². The molecular weight excluding hydrogens is 280 g/mol. The Bertz CT molecular complexity index is 722. The van der Waals surface area contributed by atoms with Gasteiger partial charge in [-0.05, 0) is 60.6 Å². The highest BCUT2D eigenvalue weighted by Crippen LogP contribution is 2.40. The van der Waals surface area contributed by atoms with Crippen molar-refractivity contribution in [2.75, 3.05) is 0 Å². The lowest BCUT2D eigenvalue weighted by atomic mass is 9.89. The highest BCUT2D eigenvalue weighted by Gasteiger charge is 2.23. The van der Waals surface area contributed by atoms with Gasteiger partial charge in [0.2, 0.25) is 0 Å². The quantitative estimate of drug-likeness (QED) is 0.844. The van der Waals surface area contributed by atoms with Crippen molar-refractivity contribution < 1.29 is 5.11 Å². The topological polar surface area (TPSA) is 56.4 Å². The molecule has 3 rings (SSSR count). The van der Waals surface area contributed by atoms with Crippen molar-refractivity contribution in [2.45, 2.75) is 26.2 Å². The maximum Gasteiger partial charge on any atom is 0.134 e. The molecule has 0 fully saturated rings. The number of benzene rings is 1. The first-order valence-electron chi connectivity index (χ1n) is 7.05. The SMILES string of the molecule is C[C@H]1CCc2c(sc(N=Cc3ccc(O)cc3)c2C#N)C1. The predicted octanol–water partition coefficient (Wildman–Crippen LogP) is 4.20. The molecule has 1 N–H and O–H groups in total. The molecule has 1 aromatic heterocycles. The molecule has 0 amide bonds. The Kier molecular flexibility index (Phi) is 3.76. The zero-order chi connectivity index (χ0) is 14.8. The number of hydrogen-bond donors (Lipinski definition) is 1. The molecule has 0 aliphatic heterocycles. The lowest BCUT2D eigenvalue weighted by molar-refractivity contribution is 0.475. The number of hydrogen-bond acceptors (Lipinski definition) is 4. The van der Waals surface area contributed by atoms with Crippen molar-refractivity contribution in [3.63, 3.8) is 0 Å². The number of aliphatic imine (C=N–C) groups is 1. The van der Waals surface area contributed by atoms with Gasteiger partial charge in [0.15, 0.2) is 0 Å². The van der Waals surface area contributed by atoms with E-state index in [0.717, 1.165) is 35.4 Å². The Morgan fingerprint density at radius 2 is 2.14 bits per heavy atom. The number of thiophene rings is 1. The maximum absolute atomic E-state index is 9.41. The molecule has 4 heteroatoms. The van der Waals surface area contributed by atoms with Crippen molar-refractivity contribution >= 4 is 22.6 Å². The van der Waals surface area contributed by atoms with Crippen LogP contribution in [0.1, 0.15) is 34.9 Å². The van der Waals surface area contributed by atoms with Gasteiger partial charge < -0.3 is 5.11 Å². The molecule has 1 heterocycles. The van der Waals surface area contributed by atoms with E-state index in [1.165, 1.54) is 10.4 Å². The van der Waals surface area contributed by atoms with Crippen molar-refractivity contribution in [2.24, 2.45) is 10.9 Å². The Labute approximate surface area is 128 Å². The summed E-state index contributed by atoms with van der Waals surface area (Å²) in [6.45, 7) is 2.26. The average Bonchev–Trinajstić information content (AvgIpc) is 2.83. The zero-order valence-corrected chi connectivity index (χ0v) is 12.7. The van der Waals surface area contributed by atoms with E-state index in [1.807, 2.05) is 0 Å². The van der Waals surface area contributed by atoms with Crippen LogP contribution in [0.5, 0.6) is 5.75 Å². The van der Waals surface area contributed by atoms with Crippen LogP contribution in [0.4, 0.5) is 5.00 Å². The Hall–Kier alpha value is -2.12. The predicted molar refractivity (Wildman–Crippen MR) is 85.6 cm³/mol. The second kappa shape index (κ2) is 5.71. The highest BCUT2D eigenvalue weighted by atomic mass is 32.1. The van der Waals surface area contributed by atoms with Gasteiger partial charge in [-0.2, -0.15) is 5.26 Å². The first-order valence-corrected chi connectivity index (χ1v) is 7.86. The van der Waals surface area contributed by atoms with Gasteiger partial charge in [-0.1, -0.05) is 6.92 Å². The standard InChI is InChI=1S/C17H16N2OS/c1-11-2-7-14-15(9-18)17(21-16(14)8-11)19-10-12-3-5-13(20)6-4-12/h3-6,10-11,20H,2,7-8H2,1H3/t11-/m0/s1. The largest absolute Gasteiger partial charge is 0.508 e. The lowest BCUT2D eigenvalue weighted by Crippen LogP contribution is -2.09. The summed E-state index contributed by atoms with van der Waals surface area (Å²) in [7, 11) is 0. The minimum Gasteiger partial charge on any atom is -0.508 e. The molecule has 0 unspecified atom stereocenters. The molecule has 1 aliphatic carbocycles. The van der Waals surface area contributed by atoms with Crippen LogP contribution in [0.3, 0.4) is 0 Å². The molecule has 2 aromatic rings. The first-order chi connectivity index (χ1) is 10.2. The summed E-state index contributed by atoms with van der Waals surface area (Å²) in [5.74, 6) is 0.932. The van der Waals surface area contributed by atoms with E-state index in [9.17, 15) is 10.4 Å². The number of phenolic OH excluding ortho intramolecular Hbond substituents is 1. The maximum atomic E-state index is 9.41. The smallest absolute Gasteiger partial charge is 0.134 e. The van der Waals surface area contributed by atoms with Gasteiger partial charge in [-0.3, -0.25) is 0 Å². The third-order valence-corrected chi connectivity index (χ3v) is 4.99. The van der Waals surface area contributed by atoms with Crippen molar-refractivity contribution in [3.05, 3.63) is 45.8 Å². The molecule has 1 atom stereocenters. The Morgan fingerprint density at radius 1 is 1.38 bits per heavy atom. The van der Waals surface area contributed by atoms with Gasteiger partial charge in [-0.25, -0.2) is 4.99 Å². The van der Waals surface area contributed by atoms with Crippen LogP contribution in [0.2, 0.25) is 0 Å². The highest BCUT2D eigenvalue weighted by molar-refractivity contribution is 7.16. The van der Waals surface area contributed by atoms with E-state index in [-0.39, 0.29) is 5.75 Å². The Balaban J connectivity index is 1.92. The van der Waals surface area contributed by atoms with Crippen LogP contribution in [0.25, 0.3) is 0 Å². The number of rotatable bonds is 2. The summed E-state index contributed by atoms with van der Waals surface area (Å²) >= 11 is 1.64. The van der Waals surface area contributed by atoms with E-state index in [2.05, 4.69) is 18.0 Å². The summed E-state index contributed by atoms with van der Waals surface area (Å²) in [5.41, 5.74) is 2.87. The van der Waals surface area contributed by atoms with E-state index in [4.69, 9.17) is 0 Å². The minimum atomic E-state index is 0.241. The zero-order valence-electron chi connectivity index (χ0n) is 11.8. The summed E-state index contributed by atoms with van der Waals surface area (Å²) in [6, 6.07) is 9.20. The molecular formula is C17H16N2OS. The van der Waals surface area contributed by atoms with Gasteiger partial charge in [0, 0.05) is 11.1 Å². The van der Waals surface area contributed by atoms with E-state index in [0.29, 0.717) is 5.92 Å². The summed E-state index contributed by atoms with van der Waals surface area (Å²) < 4.78 is 0. The monoisotopic (exact) mass is 296 g/mol. The van der Waals surface area contributed by atoms with Gasteiger partial charge in [0.1, 0.15) is 16.8 Å². The normalized spacial score (nSPS) is 17.6. The third-order valence-electron chi connectivity index (χ3n) is 3.83. The molecule has 0 bridgehead atoms. The Morgan fingerprint density at radius 3 is 2.86 bits per heavy atom. The molecule has 1 aliphatic rings. The number of nitriles is 1. The lowest BCUT2D eigenvalue weighted by Gasteiger charge is -2.17. The number of fused-ring (bicyclic) bond motifs is 1. The van der Waals surface area contributed by atoms with Crippen molar-refractivity contribution in [1.29, 1.82) is 5.26 Å². The van der Waals surface area contributed by atoms with E-state index in [1.54, 1.807) is 41.8 Å². The fraction of sp³-hybridized carbons (Fsp3) is 0.294. The van der Waals surface area contributed by atoms with Gasteiger partial charge in [0.25, 0.3) is 0 Å². The molecule has 0 spiro atoms. The second-order valence-corrected chi connectivity index (χ2v) is 6.58. The summed E-state index contributed by atoms with van der Waals surface area (Å²) in [6.07, 6.45) is 4.95. The van der Waals surface area contributed by atoms with Crippen LogP contribution in [0, 0.1) is 17.2 Å². The number of phenols is 1. The van der Waals surface area contributed by atoms with Crippen molar-refractivity contribution in [3.8, 4) is 11.8 Å². The average molecular weight is 296 g/mol. The fourth-order valence-corrected chi connectivity index (χ4v) is 3.94. The molecule has 0 saturated carbocycles. The second-order valence-electron chi connectivity index (χ2n) is 5.49. The molecule has 0 saturated heterocycles. The van der Waals surface area contributed by atoms with Gasteiger partial charge >= 0.3 is 0 Å². The third kappa shape index (κ3) is 2.84. The number of nitrogens with zero attached hydrogens (tertiary/aromatic N) is 2. The molecule has 21 heavy (non-hydrogen) atoms. The summed E-state index contributed by atoms with van der Waals surface area (Å²) in [4.78, 5) is 5.82. The fourth-order valence-electron chi connectivity index (χ4n) is 2.64. The summed E-state index contributed by atoms with van der Waals surface area (Å²) in [5, 5.41) is 19.5. The van der Waals surface area contributed by atoms with Crippen LogP contribution in [-0.2, 0) is 12.8 Å². The van der Waals surface area contributed by atoms with E-state index >= 15 is 0 Å². The van der Waals surface area contributed by atoms with Gasteiger partial charge in [0.05, 0.1) is 5.56 Å². The van der Waals surface area contributed by atoms with Gasteiger partial charge in [-0.15, -0.1) is 11.3 Å². The van der Waals surface area contributed by atoms with Crippen LogP contribution < -0.4 is 0 Å². The molecule has 1 aromatic carbocycles. The molecule has 106 valence electrons. The molecule has 3 nitrogen and oxygen atoms in total. The minimum absolute atomic E-state index is 0.241. The van der Waals surface area contributed by atoms with E-state index < -0.39 is 0 Å². The van der Waals surface area contributed by atoms with Crippen LogP contribution in [0.15, 0.2) is 29.3 Å². The number of aromatic hydroxyl groups is 1.